The van der Waals surface area contributed by atoms with Gasteiger partial charge in [0.05, 0.1) is 10.2 Å². The van der Waals surface area contributed by atoms with Gasteiger partial charge in [-0.2, -0.15) is 0 Å². The van der Waals surface area contributed by atoms with Gasteiger partial charge in [-0.15, -0.1) is 0 Å². The zero-order chi connectivity index (χ0) is 11.3. The van der Waals surface area contributed by atoms with E-state index in [1.807, 2.05) is 6.07 Å². The van der Waals surface area contributed by atoms with Crippen LogP contribution < -0.4 is 5.32 Å². The van der Waals surface area contributed by atoms with Crippen LogP contribution in [0.25, 0.3) is 0 Å². The Balaban J connectivity index is 2.44. The summed E-state index contributed by atoms with van der Waals surface area (Å²) >= 11 is 3.47. The van der Waals surface area contributed by atoms with Gasteiger partial charge >= 0.3 is 0 Å². The van der Waals surface area contributed by atoms with Gasteiger partial charge in [0.15, 0.2) is 0 Å². The summed E-state index contributed by atoms with van der Waals surface area (Å²) in [5, 5.41) is 3.45. The number of halogens is 1. The monoisotopic (exact) mass is 271 g/mol. The molecule has 0 aliphatic carbocycles. The molecule has 0 spiro atoms. The van der Waals surface area contributed by atoms with E-state index in [1.165, 1.54) is 0 Å². The van der Waals surface area contributed by atoms with E-state index in [0.717, 1.165) is 23.1 Å². The maximum Gasteiger partial charge on any atom is 0.0590 e. The van der Waals surface area contributed by atoms with Crippen LogP contribution in [0.1, 0.15) is 13.3 Å². The van der Waals surface area contributed by atoms with Crippen molar-refractivity contribution < 1.29 is 0 Å². The molecule has 84 valence electrons. The first kappa shape index (κ1) is 12.5. The zero-order valence-corrected chi connectivity index (χ0v) is 11.1. The maximum absolute atomic E-state index is 4.03. The van der Waals surface area contributed by atoms with Crippen LogP contribution >= 0.6 is 15.9 Å². The highest BCUT2D eigenvalue weighted by Crippen LogP contribution is 2.21. The second-order valence-electron chi connectivity index (χ2n) is 3.99. The summed E-state index contributed by atoms with van der Waals surface area (Å²) in [4.78, 5) is 6.23. The lowest BCUT2D eigenvalue weighted by Gasteiger charge is -2.18. The van der Waals surface area contributed by atoms with Crippen LogP contribution in [0.2, 0.25) is 0 Å². The molecule has 1 atom stereocenters. The lowest BCUT2D eigenvalue weighted by molar-refractivity contribution is 0.390. The van der Waals surface area contributed by atoms with E-state index in [1.54, 1.807) is 12.4 Å². The molecule has 3 nitrogen and oxygen atoms in total. The van der Waals surface area contributed by atoms with Crippen molar-refractivity contribution in [1.29, 1.82) is 0 Å². The number of anilines is 1. The molecular formula is C11H18BrN3. The Kier molecular flexibility index (Phi) is 5.05. The second-order valence-corrected chi connectivity index (χ2v) is 4.85. The lowest BCUT2D eigenvalue weighted by Crippen LogP contribution is -2.23. The van der Waals surface area contributed by atoms with E-state index in [0.29, 0.717) is 6.04 Å². The molecule has 1 heterocycles. The SMILES string of the molecule is CC(CCN(C)C)Nc1ccncc1Br. The first-order valence-electron chi connectivity index (χ1n) is 5.10. The predicted molar refractivity (Wildman–Crippen MR) is 68.2 cm³/mol. The van der Waals surface area contributed by atoms with Crippen LogP contribution in [-0.2, 0) is 0 Å². The summed E-state index contributed by atoms with van der Waals surface area (Å²) < 4.78 is 1.02. The summed E-state index contributed by atoms with van der Waals surface area (Å²) in [6.45, 7) is 3.28. The summed E-state index contributed by atoms with van der Waals surface area (Å²) in [6, 6.07) is 2.45. The number of hydrogen-bond donors (Lipinski definition) is 1. The molecule has 1 aromatic heterocycles. The Morgan fingerprint density at radius 2 is 2.27 bits per heavy atom. The van der Waals surface area contributed by atoms with Gasteiger partial charge in [-0.1, -0.05) is 0 Å². The Hall–Kier alpha value is -0.610. The number of aromatic nitrogens is 1. The average molecular weight is 272 g/mol. The van der Waals surface area contributed by atoms with Crippen molar-refractivity contribution in [3.05, 3.63) is 22.9 Å². The van der Waals surface area contributed by atoms with Crippen molar-refractivity contribution in [3.63, 3.8) is 0 Å². The first-order chi connectivity index (χ1) is 7.09. The summed E-state index contributed by atoms with van der Waals surface area (Å²) in [7, 11) is 4.18. The summed E-state index contributed by atoms with van der Waals surface area (Å²) in [6.07, 6.45) is 4.73. The van der Waals surface area contributed by atoms with Crippen molar-refractivity contribution in [2.24, 2.45) is 0 Å². The maximum atomic E-state index is 4.03. The van der Waals surface area contributed by atoms with Crippen LogP contribution in [0, 0.1) is 0 Å². The molecule has 0 saturated carbocycles. The highest BCUT2D eigenvalue weighted by Gasteiger charge is 2.04. The van der Waals surface area contributed by atoms with Crippen molar-refractivity contribution in [3.8, 4) is 0 Å². The molecule has 0 aromatic carbocycles. The normalized spacial score (nSPS) is 12.9. The molecule has 0 radical (unpaired) electrons. The molecule has 1 rings (SSSR count). The van der Waals surface area contributed by atoms with E-state index in [9.17, 15) is 0 Å². The molecule has 4 heteroatoms. The first-order valence-corrected chi connectivity index (χ1v) is 5.89. The van der Waals surface area contributed by atoms with Crippen LogP contribution in [0.4, 0.5) is 5.69 Å². The van der Waals surface area contributed by atoms with Gasteiger partial charge in [0.25, 0.3) is 0 Å². The Morgan fingerprint density at radius 1 is 1.53 bits per heavy atom. The predicted octanol–water partition coefficient (Wildman–Crippen LogP) is 2.60. The highest BCUT2D eigenvalue weighted by molar-refractivity contribution is 9.10. The fourth-order valence-electron chi connectivity index (χ4n) is 1.28. The smallest absolute Gasteiger partial charge is 0.0590 e. The number of rotatable bonds is 5. The van der Waals surface area contributed by atoms with Crippen molar-refractivity contribution in [2.45, 2.75) is 19.4 Å². The van der Waals surface area contributed by atoms with Gasteiger partial charge < -0.3 is 10.2 Å². The standard InChI is InChI=1S/C11H18BrN3/c1-9(5-7-15(2)3)14-11-4-6-13-8-10(11)12/h4,6,8-9H,5,7H2,1-3H3,(H,13,14). The van der Waals surface area contributed by atoms with E-state index in [-0.39, 0.29) is 0 Å². The molecule has 15 heavy (non-hydrogen) atoms. The number of nitrogens with zero attached hydrogens (tertiary/aromatic N) is 2. The molecule has 0 bridgehead atoms. The third-order valence-corrected chi connectivity index (χ3v) is 2.82. The second kappa shape index (κ2) is 6.08. The minimum atomic E-state index is 0.464. The van der Waals surface area contributed by atoms with E-state index in [4.69, 9.17) is 0 Å². The molecule has 0 aliphatic rings. The Bertz CT molecular complexity index is 302. The van der Waals surface area contributed by atoms with Gasteiger partial charge in [-0.3, -0.25) is 4.98 Å². The van der Waals surface area contributed by atoms with Crippen LogP contribution in [-0.4, -0.2) is 36.6 Å². The minimum absolute atomic E-state index is 0.464. The van der Waals surface area contributed by atoms with Crippen LogP contribution in [0.5, 0.6) is 0 Å². The fourth-order valence-corrected chi connectivity index (χ4v) is 1.65. The number of hydrogen-bond acceptors (Lipinski definition) is 3. The highest BCUT2D eigenvalue weighted by atomic mass is 79.9. The van der Waals surface area contributed by atoms with E-state index < -0.39 is 0 Å². The third kappa shape index (κ3) is 4.62. The third-order valence-electron chi connectivity index (χ3n) is 2.18. The van der Waals surface area contributed by atoms with Crippen LogP contribution in [0.3, 0.4) is 0 Å². The van der Waals surface area contributed by atoms with Gasteiger partial charge in [0.1, 0.15) is 0 Å². The Morgan fingerprint density at radius 3 is 2.87 bits per heavy atom. The van der Waals surface area contributed by atoms with Crippen molar-refractivity contribution in [1.82, 2.24) is 9.88 Å². The summed E-state index contributed by atoms with van der Waals surface area (Å²) in [5.74, 6) is 0. The molecule has 0 saturated heterocycles. The topological polar surface area (TPSA) is 28.2 Å². The Labute approximate surface area is 100 Å². The quantitative estimate of drug-likeness (QED) is 0.893. The molecule has 0 aliphatic heterocycles. The summed E-state index contributed by atoms with van der Waals surface area (Å²) in [5.41, 5.74) is 1.11. The number of pyridine rings is 1. The van der Waals surface area contributed by atoms with Gasteiger partial charge in [-0.05, 0) is 56.0 Å². The molecule has 0 amide bonds. The van der Waals surface area contributed by atoms with Crippen LogP contribution in [0.15, 0.2) is 22.9 Å². The molecular weight excluding hydrogens is 254 g/mol. The lowest BCUT2D eigenvalue weighted by atomic mass is 10.2. The van der Waals surface area contributed by atoms with Crippen molar-refractivity contribution >= 4 is 21.6 Å². The molecule has 1 unspecified atom stereocenters. The molecule has 1 N–H and O–H groups in total. The van der Waals surface area contributed by atoms with Gasteiger partial charge in [0, 0.05) is 18.4 Å². The number of nitrogens with one attached hydrogen (secondary N) is 1. The molecule has 0 fully saturated rings. The minimum Gasteiger partial charge on any atom is -0.382 e. The van der Waals surface area contributed by atoms with Gasteiger partial charge in [0.2, 0.25) is 0 Å². The van der Waals surface area contributed by atoms with Gasteiger partial charge in [-0.25, -0.2) is 0 Å². The fraction of sp³-hybridized carbons (Fsp3) is 0.545. The zero-order valence-electron chi connectivity index (χ0n) is 9.50. The molecule has 1 aromatic rings. The van der Waals surface area contributed by atoms with Crippen molar-refractivity contribution in [2.75, 3.05) is 26.0 Å². The largest absolute Gasteiger partial charge is 0.382 e. The van der Waals surface area contributed by atoms with E-state index in [2.05, 4.69) is 52.1 Å². The average Bonchev–Trinajstić information content (AvgIpc) is 2.18. The van der Waals surface area contributed by atoms with E-state index >= 15 is 0 Å².